The van der Waals surface area contributed by atoms with Gasteiger partial charge in [0.05, 0.1) is 0 Å². The minimum Gasteiger partial charge on any atom is -0.356 e. The summed E-state index contributed by atoms with van der Waals surface area (Å²) in [5.74, 6) is 1.42. The van der Waals surface area contributed by atoms with Crippen LogP contribution in [0.2, 0.25) is 0 Å². The number of guanidine groups is 1. The van der Waals surface area contributed by atoms with Crippen LogP contribution in [0, 0.1) is 0 Å². The third-order valence-corrected chi connectivity index (χ3v) is 3.47. The Morgan fingerprint density at radius 2 is 2.31 bits per heavy atom. The van der Waals surface area contributed by atoms with Gasteiger partial charge < -0.3 is 10.6 Å². The molecule has 0 amide bonds. The second-order valence-electron chi connectivity index (χ2n) is 3.80. The maximum Gasteiger partial charge on any atom is 0.190 e. The first-order chi connectivity index (χ1) is 7.77. The van der Waals surface area contributed by atoms with E-state index >= 15 is 0 Å². The molecular formula is C12H21N3S. The van der Waals surface area contributed by atoms with Gasteiger partial charge in [0.25, 0.3) is 0 Å². The lowest BCUT2D eigenvalue weighted by Gasteiger charge is -2.14. The van der Waals surface area contributed by atoms with Gasteiger partial charge in [-0.2, -0.15) is 0 Å². The molecule has 90 valence electrons. The van der Waals surface area contributed by atoms with E-state index in [1.54, 1.807) is 7.05 Å². The predicted molar refractivity (Wildman–Crippen MR) is 72.4 cm³/mol. The van der Waals surface area contributed by atoms with E-state index in [9.17, 15) is 0 Å². The first-order valence-electron chi connectivity index (χ1n) is 5.75. The van der Waals surface area contributed by atoms with Crippen LogP contribution < -0.4 is 10.6 Å². The van der Waals surface area contributed by atoms with E-state index in [4.69, 9.17) is 0 Å². The highest BCUT2D eigenvalue weighted by Gasteiger charge is 2.06. The number of thiophene rings is 1. The van der Waals surface area contributed by atoms with Crippen molar-refractivity contribution in [2.45, 2.75) is 26.2 Å². The summed E-state index contributed by atoms with van der Waals surface area (Å²) >= 11 is 1.81. The molecule has 1 unspecified atom stereocenters. The molecule has 2 N–H and O–H groups in total. The Morgan fingerprint density at radius 1 is 1.50 bits per heavy atom. The standard InChI is InChI=1S/C12H21N3S/c1-4-7-14-12(13-3)15-9-10(2)11-6-5-8-16-11/h5-6,8,10H,4,7,9H2,1-3H3,(H2,13,14,15). The molecule has 1 aromatic heterocycles. The van der Waals surface area contributed by atoms with Crippen LogP contribution in [-0.4, -0.2) is 26.1 Å². The van der Waals surface area contributed by atoms with Crippen molar-refractivity contribution >= 4 is 17.3 Å². The highest BCUT2D eigenvalue weighted by atomic mass is 32.1. The smallest absolute Gasteiger partial charge is 0.190 e. The number of rotatable bonds is 5. The molecule has 1 atom stereocenters. The van der Waals surface area contributed by atoms with E-state index < -0.39 is 0 Å². The summed E-state index contributed by atoms with van der Waals surface area (Å²) in [6.07, 6.45) is 1.11. The Kier molecular flexibility index (Phi) is 5.93. The number of hydrogen-bond acceptors (Lipinski definition) is 2. The summed E-state index contributed by atoms with van der Waals surface area (Å²) in [5, 5.41) is 8.72. The molecule has 0 radical (unpaired) electrons. The lowest BCUT2D eigenvalue weighted by molar-refractivity contribution is 0.704. The maximum atomic E-state index is 4.18. The summed E-state index contributed by atoms with van der Waals surface area (Å²) in [6, 6.07) is 4.28. The molecule has 0 aliphatic rings. The molecule has 0 fully saturated rings. The summed E-state index contributed by atoms with van der Waals surface area (Å²) in [7, 11) is 1.81. The van der Waals surface area contributed by atoms with Crippen molar-refractivity contribution in [3.8, 4) is 0 Å². The SMILES string of the molecule is CCCNC(=NC)NCC(C)c1cccs1. The van der Waals surface area contributed by atoms with Crippen LogP contribution in [0.3, 0.4) is 0 Å². The van der Waals surface area contributed by atoms with Gasteiger partial charge in [0.15, 0.2) is 5.96 Å². The maximum absolute atomic E-state index is 4.18. The first-order valence-corrected chi connectivity index (χ1v) is 6.63. The number of nitrogens with one attached hydrogen (secondary N) is 2. The molecule has 0 saturated carbocycles. The molecule has 3 nitrogen and oxygen atoms in total. The van der Waals surface area contributed by atoms with Gasteiger partial charge in [0.2, 0.25) is 0 Å². The van der Waals surface area contributed by atoms with Crippen LogP contribution in [0.4, 0.5) is 0 Å². The summed E-state index contributed by atoms with van der Waals surface area (Å²) in [6.45, 7) is 6.26. The van der Waals surface area contributed by atoms with Crippen LogP contribution >= 0.6 is 11.3 Å². The van der Waals surface area contributed by atoms with Crippen molar-refractivity contribution in [1.29, 1.82) is 0 Å². The highest BCUT2D eigenvalue weighted by Crippen LogP contribution is 2.19. The zero-order valence-corrected chi connectivity index (χ0v) is 11.1. The van der Waals surface area contributed by atoms with E-state index in [1.165, 1.54) is 4.88 Å². The van der Waals surface area contributed by atoms with Crippen LogP contribution in [-0.2, 0) is 0 Å². The fourth-order valence-corrected chi connectivity index (χ4v) is 2.17. The van der Waals surface area contributed by atoms with Crippen molar-refractivity contribution < 1.29 is 0 Å². The number of nitrogens with zero attached hydrogens (tertiary/aromatic N) is 1. The van der Waals surface area contributed by atoms with Crippen LogP contribution in [0.1, 0.15) is 31.1 Å². The fraction of sp³-hybridized carbons (Fsp3) is 0.583. The van der Waals surface area contributed by atoms with Crippen LogP contribution in [0.15, 0.2) is 22.5 Å². The van der Waals surface area contributed by atoms with E-state index in [-0.39, 0.29) is 0 Å². The Hall–Kier alpha value is -1.03. The van der Waals surface area contributed by atoms with Crippen LogP contribution in [0.25, 0.3) is 0 Å². The van der Waals surface area contributed by atoms with Gasteiger partial charge in [-0.1, -0.05) is 19.9 Å². The Bertz CT molecular complexity index is 306. The molecule has 0 aliphatic heterocycles. The van der Waals surface area contributed by atoms with Crippen molar-refractivity contribution in [3.63, 3.8) is 0 Å². The van der Waals surface area contributed by atoms with Crippen molar-refractivity contribution in [1.82, 2.24) is 10.6 Å². The molecule has 0 saturated heterocycles. The van der Waals surface area contributed by atoms with E-state index in [1.807, 2.05) is 11.3 Å². The predicted octanol–water partition coefficient (Wildman–Crippen LogP) is 2.43. The van der Waals surface area contributed by atoms with Crippen LogP contribution in [0.5, 0.6) is 0 Å². The Morgan fingerprint density at radius 3 is 2.88 bits per heavy atom. The van der Waals surface area contributed by atoms with E-state index in [2.05, 4.69) is 47.0 Å². The largest absolute Gasteiger partial charge is 0.356 e. The van der Waals surface area contributed by atoms with Gasteiger partial charge in [0, 0.05) is 30.9 Å². The van der Waals surface area contributed by atoms with Gasteiger partial charge in [-0.15, -0.1) is 11.3 Å². The third-order valence-electron chi connectivity index (χ3n) is 2.37. The van der Waals surface area contributed by atoms with Gasteiger partial charge in [-0.05, 0) is 17.9 Å². The molecule has 16 heavy (non-hydrogen) atoms. The number of hydrogen-bond donors (Lipinski definition) is 2. The van der Waals surface area contributed by atoms with Crippen molar-refractivity contribution in [2.24, 2.45) is 4.99 Å². The van der Waals surface area contributed by atoms with Gasteiger partial charge >= 0.3 is 0 Å². The average molecular weight is 239 g/mol. The second-order valence-corrected chi connectivity index (χ2v) is 4.78. The summed E-state index contributed by atoms with van der Waals surface area (Å²) < 4.78 is 0. The van der Waals surface area contributed by atoms with E-state index in [0.29, 0.717) is 5.92 Å². The molecule has 0 bridgehead atoms. The monoisotopic (exact) mass is 239 g/mol. The molecule has 0 aromatic carbocycles. The third kappa shape index (κ3) is 4.23. The molecule has 1 aromatic rings. The van der Waals surface area contributed by atoms with Gasteiger partial charge in [0.1, 0.15) is 0 Å². The summed E-state index contributed by atoms with van der Waals surface area (Å²) in [5.41, 5.74) is 0. The van der Waals surface area contributed by atoms with Gasteiger partial charge in [-0.25, -0.2) is 0 Å². The normalized spacial score (nSPS) is 13.6. The molecule has 0 aliphatic carbocycles. The minimum atomic E-state index is 0.528. The quantitative estimate of drug-likeness (QED) is 0.611. The minimum absolute atomic E-state index is 0.528. The topological polar surface area (TPSA) is 36.4 Å². The average Bonchev–Trinajstić information content (AvgIpc) is 2.82. The zero-order chi connectivity index (χ0) is 11.8. The Labute approximate surface area is 102 Å². The first kappa shape index (κ1) is 13.0. The molecular weight excluding hydrogens is 218 g/mol. The lowest BCUT2D eigenvalue weighted by atomic mass is 10.1. The molecule has 0 spiro atoms. The highest BCUT2D eigenvalue weighted by molar-refractivity contribution is 7.10. The molecule has 1 rings (SSSR count). The molecule has 4 heteroatoms. The second kappa shape index (κ2) is 7.28. The van der Waals surface area contributed by atoms with Crippen molar-refractivity contribution in [3.05, 3.63) is 22.4 Å². The Balaban J connectivity index is 2.32. The fourth-order valence-electron chi connectivity index (χ4n) is 1.39. The lowest BCUT2D eigenvalue weighted by Crippen LogP contribution is -2.39. The van der Waals surface area contributed by atoms with Gasteiger partial charge in [-0.3, -0.25) is 4.99 Å². The van der Waals surface area contributed by atoms with E-state index in [0.717, 1.165) is 25.5 Å². The zero-order valence-electron chi connectivity index (χ0n) is 10.3. The summed E-state index contributed by atoms with van der Waals surface area (Å²) in [4.78, 5) is 5.59. The number of aliphatic imine (C=N–C) groups is 1. The molecule has 1 heterocycles. The van der Waals surface area contributed by atoms with Crippen molar-refractivity contribution in [2.75, 3.05) is 20.1 Å².